The molecule has 2 aromatic heterocycles. The minimum Gasteiger partial charge on any atom is -0.396 e. The lowest BCUT2D eigenvalue weighted by atomic mass is 10.2. The maximum absolute atomic E-state index is 13.1. The third-order valence-electron chi connectivity index (χ3n) is 6.02. The minimum absolute atomic E-state index is 0.100. The van der Waals surface area contributed by atoms with Gasteiger partial charge in [-0.15, -0.1) is 6.58 Å². The van der Waals surface area contributed by atoms with Crippen molar-refractivity contribution in [1.29, 1.82) is 0 Å². The van der Waals surface area contributed by atoms with Gasteiger partial charge in [-0.2, -0.15) is 0 Å². The van der Waals surface area contributed by atoms with E-state index < -0.39 is 0 Å². The third kappa shape index (κ3) is 9.85. The predicted molar refractivity (Wildman–Crippen MR) is 163 cm³/mol. The highest BCUT2D eigenvalue weighted by Gasteiger charge is 2.21. The van der Waals surface area contributed by atoms with Gasteiger partial charge < -0.3 is 31.5 Å². The number of aromatic nitrogens is 4. The molecule has 2 aromatic rings. The van der Waals surface area contributed by atoms with Crippen LogP contribution < -0.4 is 11.5 Å². The number of aryl methyl sites for hydroxylation is 2. The molecule has 0 bridgehead atoms. The summed E-state index contributed by atoms with van der Waals surface area (Å²) < 4.78 is 0. The van der Waals surface area contributed by atoms with Crippen LogP contribution in [0, 0.1) is 13.8 Å². The largest absolute Gasteiger partial charge is 0.396 e. The van der Waals surface area contributed by atoms with Crippen LogP contribution in [0.2, 0.25) is 0 Å². The van der Waals surface area contributed by atoms with E-state index in [-0.39, 0.29) is 63.1 Å². The summed E-state index contributed by atoms with van der Waals surface area (Å²) >= 11 is 0. The summed E-state index contributed by atoms with van der Waals surface area (Å²) in [5, 5.41) is 19.6. The lowest BCUT2D eigenvalue weighted by Gasteiger charge is -2.26. The molecule has 6 N–H and O–H groups in total. The lowest BCUT2D eigenvalue weighted by molar-refractivity contribution is -0.128. The Morgan fingerprint density at radius 1 is 0.927 bits per heavy atom. The molecule has 0 atom stereocenters. The van der Waals surface area contributed by atoms with Crippen LogP contribution in [-0.4, -0.2) is 65.5 Å². The van der Waals surface area contributed by atoms with Gasteiger partial charge in [-0.1, -0.05) is 27.7 Å². The van der Waals surface area contributed by atoms with Crippen molar-refractivity contribution in [1.82, 2.24) is 29.7 Å². The van der Waals surface area contributed by atoms with Crippen LogP contribution in [0.25, 0.3) is 0 Å². The number of hydrogen-bond acceptors (Lipinski definition) is 12. The summed E-state index contributed by atoms with van der Waals surface area (Å²) in [6, 6.07) is 0. The van der Waals surface area contributed by atoms with Gasteiger partial charge in [0.05, 0.1) is 13.1 Å². The summed E-state index contributed by atoms with van der Waals surface area (Å²) in [7, 11) is 2.69. The number of aliphatic hydroxyl groups excluding tert-OH is 2. The summed E-state index contributed by atoms with van der Waals surface area (Å²) in [5.74, 6) is 1.42. The van der Waals surface area contributed by atoms with Gasteiger partial charge in [0.15, 0.2) is 0 Å². The molecule has 0 spiro atoms. The molecule has 0 saturated heterocycles. The van der Waals surface area contributed by atoms with Crippen molar-refractivity contribution in [3.8, 4) is 0 Å². The number of nitrogens with zero attached hydrogens (tertiary/aromatic N) is 6. The van der Waals surface area contributed by atoms with Crippen molar-refractivity contribution < 1.29 is 19.8 Å². The molecule has 14 heteroatoms. The molecule has 0 aliphatic carbocycles. The average Bonchev–Trinajstić information content (AvgIpc) is 2.93. The predicted octanol–water partition coefficient (Wildman–Crippen LogP) is 3.22. The third-order valence-corrected chi connectivity index (χ3v) is 8.96. The van der Waals surface area contributed by atoms with E-state index in [1.807, 2.05) is 0 Å². The SMILES string of the molecule is C=CCC(=O)N(Cc1cnc(C)nc1N)C(C)=C(CCO)SSC(CCO)=C(C)N(C=O)Cc1cnc(C)nc1N. The first-order valence-corrected chi connectivity index (χ1v) is 15.0. The average molecular weight is 603 g/mol. The topological polar surface area (TPSA) is 185 Å². The molecule has 12 nitrogen and oxygen atoms in total. The van der Waals surface area contributed by atoms with Crippen molar-refractivity contribution in [2.24, 2.45) is 0 Å². The van der Waals surface area contributed by atoms with E-state index in [1.54, 1.807) is 45.0 Å². The van der Waals surface area contributed by atoms with Crippen LogP contribution in [0.1, 0.15) is 55.9 Å². The first-order valence-electron chi connectivity index (χ1n) is 12.8. The lowest BCUT2D eigenvalue weighted by Crippen LogP contribution is -2.29. The summed E-state index contributed by atoms with van der Waals surface area (Å²) in [6.45, 7) is 10.7. The molecule has 0 fully saturated rings. The Bertz CT molecular complexity index is 1300. The van der Waals surface area contributed by atoms with E-state index in [1.165, 1.54) is 32.6 Å². The number of hydrogen-bond donors (Lipinski definition) is 4. The molecular weight excluding hydrogens is 564 g/mol. The molecule has 2 amide bonds. The van der Waals surface area contributed by atoms with Crippen LogP contribution >= 0.6 is 21.6 Å². The van der Waals surface area contributed by atoms with Crippen molar-refractivity contribution in [3.63, 3.8) is 0 Å². The van der Waals surface area contributed by atoms with E-state index in [4.69, 9.17) is 11.5 Å². The maximum Gasteiger partial charge on any atom is 0.230 e. The number of nitrogen functional groups attached to an aromatic ring is 2. The summed E-state index contributed by atoms with van der Waals surface area (Å²) in [6.07, 6.45) is 6.06. The van der Waals surface area contributed by atoms with E-state index in [0.717, 1.165) is 9.81 Å². The quantitative estimate of drug-likeness (QED) is 0.125. The highest BCUT2D eigenvalue weighted by Crippen LogP contribution is 2.43. The summed E-state index contributed by atoms with van der Waals surface area (Å²) in [4.78, 5) is 46.4. The fourth-order valence-electron chi connectivity index (χ4n) is 3.66. The van der Waals surface area contributed by atoms with E-state index >= 15 is 0 Å². The first-order chi connectivity index (χ1) is 19.6. The van der Waals surface area contributed by atoms with Crippen molar-refractivity contribution >= 4 is 45.5 Å². The Morgan fingerprint density at radius 2 is 1.41 bits per heavy atom. The van der Waals surface area contributed by atoms with Gasteiger partial charge >= 0.3 is 0 Å². The van der Waals surface area contributed by atoms with Gasteiger partial charge in [0, 0.05) is 77.2 Å². The number of allylic oxidation sites excluding steroid dienone is 2. The maximum atomic E-state index is 13.1. The Labute approximate surface area is 248 Å². The minimum atomic E-state index is -0.203. The van der Waals surface area contributed by atoms with E-state index in [2.05, 4.69) is 26.5 Å². The normalized spacial score (nSPS) is 12.3. The Hall–Kier alpha value is -3.46. The van der Waals surface area contributed by atoms with Crippen LogP contribution in [0.3, 0.4) is 0 Å². The molecule has 0 radical (unpaired) electrons. The molecule has 222 valence electrons. The van der Waals surface area contributed by atoms with Gasteiger partial charge in [-0.25, -0.2) is 19.9 Å². The van der Waals surface area contributed by atoms with Gasteiger partial charge in [0.2, 0.25) is 12.3 Å². The number of nitrogens with two attached hydrogens (primary N) is 2. The number of amides is 2. The Balaban J connectivity index is 2.41. The zero-order chi connectivity index (χ0) is 30.5. The summed E-state index contributed by atoms with van der Waals surface area (Å²) in [5.41, 5.74) is 14.6. The fraction of sp³-hybridized carbons (Fsp3) is 0.407. The number of aliphatic hydroxyl groups is 2. The smallest absolute Gasteiger partial charge is 0.230 e. The van der Waals surface area contributed by atoms with Gasteiger partial charge in [-0.3, -0.25) is 9.59 Å². The van der Waals surface area contributed by atoms with Gasteiger partial charge in [-0.05, 0) is 27.7 Å². The molecule has 0 aliphatic rings. The van der Waals surface area contributed by atoms with Crippen LogP contribution in [0.15, 0.2) is 46.3 Å². The zero-order valence-electron chi connectivity index (χ0n) is 23.8. The van der Waals surface area contributed by atoms with E-state index in [0.29, 0.717) is 40.6 Å². The van der Waals surface area contributed by atoms with Crippen LogP contribution in [0.4, 0.5) is 11.6 Å². The molecule has 0 aliphatic heterocycles. The second-order valence-electron chi connectivity index (χ2n) is 8.99. The molecule has 0 saturated carbocycles. The molecule has 2 heterocycles. The first kappa shape index (κ1) is 33.7. The van der Waals surface area contributed by atoms with Gasteiger partial charge in [0.1, 0.15) is 23.3 Å². The van der Waals surface area contributed by atoms with E-state index in [9.17, 15) is 19.8 Å². The molecule has 0 unspecified atom stereocenters. The number of rotatable bonds is 16. The van der Waals surface area contributed by atoms with Crippen molar-refractivity contribution in [2.75, 3.05) is 24.7 Å². The Kier molecular flexibility index (Phi) is 13.8. The van der Waals surface area contributed by atoms with Crippen LogP contribution in [0.5, 0.6) is 0 Å². The Morgan fingerprint density at radius 3 is 1.85 bits per heavy atom. The standard InChI is InChI=1S/C27H38N8O4S2/c1-6-7-25(39)35(15-22-13-31-20(5)33-27(22)29)18(3)24(9-11-37)41-40-23(8-10-36)17(2)34(16-38)14-21-12-30-19(4)32-26(21)28/h6,12-13,16,36-37H,1,7-11,14-15H2,2-5H3,(H2,28,30,32)(H2,29,31,33). The molecular formula is C27H38N8O4S2. The highest BCUT2D eigenvalue weighted by atomic mass is 33.1. The number of carbonyl (C=O) groups is 2. The molecule has 2 rings (SSSR count). The fourth-order valence-corrected chi connectivity index (χ4v) is 6.51. The highest BCUT2D eigenvalue weighted by molar-refractivity contribution is 8.79. The van der Waals surface area contributed by atoms with Crippen molar-refractivity contribution in [2.45, 2.75) is 60.0 Å². The molecule has 41 heavy (non-hydrogen) atoms. The number of anilines is 2. The second-order valence-corrected chi connectivity index (χ2v) is 11.3. The molecule has 0 aromatic carbocycles. The van der Waals surface area contributed by atoms with Crippen LogP contribution in [-0.2, 0) is 22.7 Å². The number of carbonyl (C=O) groups excluding carboxylic acids is 2. The second kappa shape index (κ2) is 16.7. The van der Waals surface area contributed by atoms with Crippen molar-refractivity contribution in [3.05, 3.63) is 69.0 Å². The van der Waals surface area contributed by atoms with Gasteiger partial charge in [0.25, 0.3) is 0 Å². The zero-order valence-corrected chi connectivity index (χ0v) is 25.5. The monoisotopic (exact) mass is 602 g/mol.